The second kappa shape index (κ2) is 5.70. The lowest BCUT2D eigenvalue weighted by atomic mass is 10.3. The molecule has 2 aromatic heterocycles. The van der Waals surface area contributed by atoms with Crippen LogP contribution in [0, 0.1) is 0 Å². The number of hydrogen-bond donors (Lipinski definition) is 0. The van der Waals surface area contributed by atoms with E-state index in [0.717, 1.165) is 6.07 Å². The van der Waals surface area contributed by atoms with E-state index in [0.29, 0.717) is 18.8 Å². The number of rotatable bonds is 4. The van der Waals surface area contributed by atoms with Crippen molar-refractivity contribution in [3.8, 4) is 0 Å². The fraction of sp³-hybridized carbons (Fsp3) is 0.333. The fourth-order valence-corrected chi connectivity index (χ4v) is 1.84. The first kappa shape index (κ1) is 14.6. The van der Waals surface area contributed by atoms with Crippen molar-refractivity contribution in [1.82, 2.24) is 9.97 Å². The van der Waals surface area contributed by atoms with Crippen LogP contribution in [0.3, 0.4) is 0 Å². The molecule has 0 aromatic carbocycles. The minimum Gasteiger partial charge on any atom is -0.467 e. The van der Waals surface area contributed by atoms with Gasteiger partial charge in [0.05, 0.1) is 12.8 Å². The Labute approximate surface area is 118 Å². The van der Waals surface area contributed by atoms with Gasteiger partial charge in [-0.2, -0.15) is 13.2 Å². The van der Waals surface area contributed by atoms with Gasteiger partial charge in [0.25, 0.3) is 0 Å². The predicted octanol–water partition coefficient (Wildman–Crippen LogP) is 3.77. The maximum Gasteiger partial charge on any atom is 0.433 e. The monoisotopic (exact) mass is 305 g/mol. The molecular formula is C12H11ClF3N3O. The van der Waals surface area contributed by atoms with Crippen LogP contribution in [0.4, 0.5) is 19.0 Å². The SMILES string of the molecule is CCN(Cc1ccco1)c1cc(C(F)(F)F)nc(Cl)n1. The van der Waals surface area contributed by atoms with E-state index in [1.54, 1.807) is 24.0 Å². The Morgan fingerprint density at radius 3 is 2.65 bits per heavy atom. The number of nitrogens with zero attached hydrogens (tertiary/aromatic N) is 3. The Balaban J connectivity index is 2.32. The van der Waals surface area contributed by atoms with Crippen LogP contribution in [0.1, 0.15) is 18.4 Å². The Kier molecular flexibility index (Phi) is 4.17. The summed E-state index contributed by atoms with van der Waals surface area (Å²) in [4.78, 5) is 8.65. The highest BCUT2D eigenvalue weighted by Gasteiger charge is 2.34. The number of furan rings is 1. The van der Waals surface area contributed by atoms with Gasteiger partial charge in [-0.15, -0.1) is 0 Å². The second-order valence-corrected chi connectivity index (χ2v) is 4.31. The van der Waals surface area contributed by atoms with Crippen molar-refractivity contribution in [3.05, 3.63) is 41.2 Å². The summed E-state index contributed by atoms with van der Waals surface area (Å²) in [5, 5.41) is -0.437. The third-order valence-electron chi connectivity index (χ3n) is 2.61. The number of alkyl halides is 3. The second-order valence-electron chi connectivity index (χ2n) is 3.97. The zero-order valence-corrected chi connectivity index (χ0v) is 11.2. The Morgan fingerprint density at radius 1 is 1.35 bits per heavy atom. The van der Waals surface area contributed by atoms with E-state index in [9.17, 15) is 13.2 Å². The molecule has 2 rings (SSSR count). The van der Waals surface area contributed by atoms with Crippen molar-refractivity contribution >= 4 is 17.4 Å². The first-order valence-electron chi connectivity index (χ1n) is 5.79. The highest BCUT2D eigenvalue weighted by molar-refractivity contribution is 6.28. The lowest BCUT2D eigenvalue weighted by Gasteiger charge is -2.21. The molecular weight excluding hydrogens is 295 g/mol. The minimum absolute atomic E-state index is 0.108. The topological polar surface area (TPSA) is 42.2 Å². The molecule has 0 radical (unpaired) electrons. The van der Waals surface area contributed by atoms with Gasteiger partial charge < -0.3 is 9.32 Å². The standard InChI is InChI=1S/C12H11ClF3N3O/c1-2-19(7-8-4-3-5-20-8)10-6-9(12(14,15)16)17-11(13)18-10/h3-6H,2,7H2,1H3. The average molecular weight is 306 g/mol. The van der Waals surface area contributed by atoms with Crippen LogP contribution in [0.5, 0.6) is 0 Å². The Morgan fingerprint density at radius 2 is 2.10 bits per heavy atom. The molecule has 0 aliphatic heterocycles. The van der Waals surface area contributed by atoms with E-state index in [1.807, 2.05) is 0 Å². The van der Waals surface area contributed by atoms with Gasteiger partial charge in [-0.1, -0.05) is 0 Å². The molecule has 20 heavy (non-hydrogen) atoms. The van der Waals surface area contributed by atoms with Crippen molar-refractivity contribution in [3.63, 3.8) is 0 Å². The van der Waals surface area contributed by atoms with Crippen molar-refractivity contribution in [2.75, 3.05) is 11.4 Å². The highest BCUT2D eigenvalue weighted by Crippen LogP contribution is 2.30. The average Bonchev–Trinajstić information content (AvgIpc) is 2.87. The molecule has 0 bridgehead atoms. The summed E-state index contributed by atoms with van der Waals surface area (Å²) in [7, 11) is 0. The first-order valence-corrected chi connectivity index (χ1v) is 6.17. The molecule has 0 saturated carbocycles. The number of hydrogen-bond acceptors (Lipinski definition) is 4. The predicted molar refractivity (Wildman–Crippen MR) is 67.5 cm³/mol. The van der Waals surface area contributed by atoms with Crippen LogP contribution in [0.25, 0.3) is 0 Å². The fourth-order valence-electron chi connectivity index (χ4n) is 1.66. The first-order chi connectivity index (χ1) is 9.40. The van der Waals surface area contributed by atoms with Crippen molar-refractivity contribution in [2.24, 2.45) is 0 Å². The molecule has 0 aliphatic rings. The molecule has 2 heterocycles. The maximum atomic E-state index is 12.7. The lowest BCUT2D eigenvalue weighted by molar-refractivity contribution is -0.141. The maximum absolute atomic E-state index is 12.7. The smallest absolute Gasteiger partial charge is 0.433 e. The van der Waals surface area contributed by atoms with Gasteiger partial charge in [0.2, 0.25) is 5.28 Å². The quantitative estimate of drug-likeness (QED) is 0.806. The van der Waals surface area contributed by atoms with E-state index >= 15 is 0 Å². The molecule has 0 amide bonds. The van der Waals surface area contributed by atoms with Crippen LogP contribution in [0.2, 0.25) is 5.28 Å². The summed E-state index contributed by atoms with van der Waals surface area (Å²) in [5.41, 5.74) is -1.06. The summed E-state index contributed by atoms with van der Waals surface area (Å²) >= 11 is 5.57. The van der Waals surface area contributed by atoms with Crippen LogP contribution in [-0.2, 0) is 12.7 Å². The molecule has 4 nitrogen and oxygen atoms in total. The van der Waals surface area contributed by atoms with Crippen LogP contribution < -0.4 is 4.90 Å². The lowest BCUT2D eigenvalue weighted by Crippen LogP contribution is -2.24. The molecule has 0 saturated heterocycles. The summed E-state index contributed by atoms with van der Waals surface area (Å²) < 4.78 is 43.3. The molecule has 8 heteroatoms. The Hall–Kier alpha value is -1.76. The molecule has 0 N–H and O–H groups in total. The van der Waals surface area contributed by atoms with Gasteiger partial charge >= 0.3 is 6.18 Å². The molecule has 0 spiro atoms. The minimum atomic E-state index is -4.56. The van der Waals surface area contributed by atoms with Gasteiger partial charge in [-0.25, -0.2) is 9.97 Å². The summed E-state index contributed by atoms with van der Waals surface area (Å²) in [6.45, 7) is 2.55. The summed E-state index contributed by atoms with van der Waals surface area (Å²) in [6.07, 6.45) is -3.07. The number of aromatic nitrogens is 2. The third-order valence-corrected chi connectivity index (χ3v) is 2.78. The zero-order chi connectivity index (χ0) is 14.8. The molecule has 0 fully saturated rings. The third kappa shape index (κ3) is 3.41. The largest absolute Gasteiger partial charge is 0.467 e. The van der Waals surface area contributed by atoms with Crippen LogP contribution in [-0.4, -0.2) is 16.5 Å². The van der Waals surface area contributed by atoms with Gasteiger partial charge in [-0.3, -0.25) is 0 Å². The molecule has 0 unspecified atom stereocenters. The van der Waals surface area contributed by atoms with Gasteiger partial charge in [0.1, 0.15) is 11.6 Å². The van der Waals surface area contributed by atoms with E-state index in [-0.39, 0.29) is 5.82 Å². The number of anilines is 1. The zero-order valence-electron chi connectivity index (χ0n) is 10.5. The van der Waals surface area contributed by atoms with Crippen molar-refractivity contribution in [1.29, 1.82) is 0 Å². The molecule has 108 valence electrons. The highest BCUT2D eigenvalue weighted by atomic mass is 35.5. The van der Waals surface area contributed by atoms with Gasteiger partial charge in [0, 0.05) is 12.6 Å². The summed E-state index contributed by atoms with van der Waals surface area (Å²) in [6, 6.07) is 4.31. The van der Waals surface area contributed by atoms with Crippen LogP contribution >= 0.6 is 11.6 Å². The molecule has 0 atom stereocenters. The Bertz CT molecular complexity index is 572. The van der Waals surface area contributed by atoms with Crippen molar-refractivity contribution in [2.45, 2.75) is 19.6 Å². The van der Waals surface area contributed by atoms with Crippen LogP contribution in [0.15, 0.2) is 28.9 Å². The van der Waals surface area contributed by atoms with E-state index in [1.165, 1.54) is 6.26 Å². The van der Waals surface area contributed by atoms with E-state index in [2.05, 4.69) is 9.97 Å². The molecule has 2 aromatic rings. The van der Waals surface area contributed by atoms with Gasteiger partial charge in [0.15, 0.2) is 5.69 Å². The van der Waals surface area contributed by atoms with E-state index in [4.69, 9.17) is 16.0 Å². The van der Waals surface area contributed by atoms with E-state index < -0.39 is 17.2 Å². The molecule has 0 aliphatic carbocycles. The normalized spacial score (nSPS) is 11.7. The number of halogens is 4. The van der Waals surface area contributed by atoms with Crippen molar-refractivity contribution < 1.29 is 17.6 Å². The van der Waals surface area contributed by atoms with Gasteiger partial charge in [-0.05, 0) is 30.7 Å². The summed E-state index contributed by atoms with van der Waals surface area (Å²) in [5.74, 6) is 0.728.